The molecule has 1 N–H and O–H groups in total. The molecule has 1 atom stereocenters. The normalized spacial score (nSPS) is 17.4. The van der Waals surface area contributed by atoms with Gasteiger partial charge in [-0.25, -0.2) is 4.79 Å². The SMILES string of the molecule is CNC(CN(C)c1ccc(C)cc1)(C(=O)OC)C1CC1. The first kappa shape index (κ1) is 14.9. The minimum Gasteiger partial charge on any atom is -0.468 e. The maximum Gasteiger partial charge on any atom is 0.328 e. The van der Waals surface area contributed by atoms with Gasteiger partial charge in [-0.15, -0.1) is 0 Å². The van der Waals surface area contributed by atoms with Crippen molar-refractivity contribution in [1.82, 2.24) is 5.32 Å². The number of nitrogens with one attached hydrogen (secondary N) is 1. The minimum atomic E-state index is -0.603. The van der Waals surface area contributed by atoms with Crippen LogP contribution in [0, 0.1) is 12.8 Å². The van der Waals surface area contributed by atoms with Gasteiger partial charge < -0.3 is 15.0 Å². The summed E-state index contributed by atoms with van der Waals surface area (Å²) in [5, 5.41) is 3.22. The van der Waals surface area contributed by atoms with Crippen LogP contribution in [0.25, 0.3) is 0 Å². The van der Waals surface area contributed by atoms with Gasteiger partial charge in [0.15, 0.2) is 0 Å². The van der Waals surface area contributed by atoms with Gasteiger partial charge in [0.2, 0.25) is 0 Å². The highest BCUT2D eigenvalue weighted by molar-refractivity contribution is 5.82. The number of carbonyl (C=O) groups is 1. The second-order valence-electron chi connectivity index (χ2n) is 5.68. The summed E-state index contributed by atoms with van der Waals surface area (Å²) in [5.41, 5.74) is 1.74. The molecule has 1 aromatic carbocycles. The van der Waals surface area contributed by atoms with Crippen LogP contribution >= 0.6 is 0 Å². The molecule has 1 fully saturated rings. The van der Waals surface area contributed by atoms with Gasteiger partial charge in [-0.3, -0.25) is 0 Å². The summed E-state index contributed by atoms with van der Waals surface area (Å²) in [6.07, 6.45) is 2.16. The lowest BCUT2D eigenvalue weighted by Crippen LogP contribution is -2.59. The van der Waals surface area contributed by atoms with Crippen LogP contribution < -0.4 is 10.2 Å². The Kier molecular flexibility index (Phi) is 4.33. The second-order valence-corrected chi connectivity index (χ2v) is 5.68. The number of likely N-dealkylation sites (N-methyl/N-ethyl adjacent to an activating group) is 2. The summed E-state index contributed by atoms with van der Waals surface area (Å²) in [4.78, 5) is 14.4. The van der Waals surface area contributed by atoms with Gasteiger partial charge in [0, 0.05) is 19.3 Å². The van der Waals surface area contributed by atoms with Crippen LogP contribution in [0.15, 0.2) is 24.3 Å². The predicted octanol–water partition coefficient (Wildman–Crippen LogP) is 1.97. The number of esters is 1. The van der Waals surface area contributed by atoms with Gasteiger partial charge in [0.05, 0.1) is 7.11 Å². The number of hydrogen-bond donors (Lipinski definition) is 1. The Morgan fingerprint density at radius 3 is 2.45 bits per heavy atom. The smallest absolute Gasteiger partial charge is 0.328 e. The van der Waals surface area contributed by atoms with Crippen LogP contribution in [0.5, 0.6) is 0 Å². The summed E-state index contributed by atoms with van der Waals surface area (Å²) < 4.78 is 5.04. The van der Waals surface area contributed by atoms with Gasteiger partial charge in [0.25, 0.3) is 0 Å². The largest absolute Gasteiger partial charge is 0.468 e. The zero-order chi connectivity index (χ0) is 14.8. The molecule has 0 heterocycles. The molecule has 0 saturated heterocycles. The summed E-state index contributed by atoms with van der Waals surface area (Å²) in [5.74, 6) is 0.203. The molecule has 110 valence electrons. The van der Waals surface area contributed by atoms with E-state index in [9.17, 15) is 4.79 Å². The Balaban J connectivity index is 2.19. The highest BCUT2D eigenvalue weighted by Crippen LogP contribution is 2.41. The fourth-order valence-electron chi connectivity index (χ4n) is 2.77. The van der Waals surface area contributed by atoms with E-state index in [1.807, 2.05) is 14.1 Å². The average Bonchev–Trinajstić information content (AvgIpc) is 3.29. The quantitative estimate of drug-likeness (QED) is 0.807. The van der Waals surface area contributed by atoms with E-state index in [0.717, 1.165) is 18.5 Å². The van der Waals surface area contributed by atoms with Crippen molar-refractivity contribution in [3.05, 3.63) is 29.8 Å². The first-order chi connectivity index (χ1) is 9.53. The fraction of sp³-hybridized carbons (Fsp3) is 0.562. The lowest BCUT2D eigenvalue weighted by atomic mass is 9.92. The lowest BCUT2D eigenvalue weighted by Gasteiger charge is -2.35. The van der Waals surface area contributed by atoms with E-state index in [2.05, 4.69) is 41.4 Å². The summed E-state index contributed by atoms with van der Waals surface area (Å²) in [6, 6.07) is 8.34. The number of aryl methyl sites for hydroxylation is 1. The van der Waals surface area contributed by atoms with Gasteiger partial charge in [-0.05, 0) is 44.9 Å². The summed E-state index contributed by atoms with van der Waals surface area (Å²) >= 11 is 0. The zero-order valence-corrected chi connectivity index (χ0v) is 12.8. The number of methoxy groups -OCH3 is 1. The number of nitrogens with zero attached hydrogens (tertiary/aromatic N) is 1. The van der Waals surface area contributed by atoms with Crippen LogP contribution in [0.3, 0.4) is 0 Å². The molecule has 1 aliphatic rings. The molecule has 1 aliphatic carbocycles. The molecular formula is C16H24N2O2. The highest BCUT2D eigenvalue weighted by atomic mass is 16.5. The molecule has 1 aromatic rings. The number of benzene rings is 1. The topological polar surface area (TPSA) is 41.6 Å². The third-order valence-corrected chi connectivity index (χ3v) is 4.23. The van der Waals surface area contributed by atoms with Crippen molar-refractivity contribution in [1.29, 1.82) is 0 Å². The van der Waals surface area contributed by atoms with Crippen LogP contribution in [-0.2, 0) is 9.53 Å². The lowest BCUT2D eigenvalue weighted by molar-refractivity contribution is -0.149. The summed E-state index contributed by atoms with van der Waals surface area (Å²) in [7, 11) is 5.32. The van der Waals surface area contributed by atoms with Crippen LogP contribution in [-0.4, -0.2) is 39.3 Å². The molecule has 0 spiro atoms. The number of anilines is 1. The van der Waals surface area contributed by atoms with E-state index in [-0.39, 0.29) is 5.97 Å². The molecular weight excluding hydrogens is 252 g/mol. The van der Waals surface area contributed by atoms with Crippen LogP contribution in [0.2, 0.25) is 0 Å². The van der Waals surface area contributed by atoms with Crippen molar-refractivity contribution in [2.24, 2.45) is 5.92 Å². The van der Waals surface area contributed by atoms with E-state index >= 15 is 0 Å². The molecule has 1 unspecified atom stereocenters. The number of ether oxygens (including phenoxy) is 1. The van der Waals surface area contributed by atoms with Gasteiger partial charge in [0.1, 0.15) is 5.54 Å². The number of hydrogen-bond acceptors (Lipinski definition) is 4. The highest BCUT2D eigenvalue weighted by Gasteiger charge is 2.51. The van der Waals surface area contributed by atoms with E-state index in [4.69, 9.17) is 4.74 Å². The van der Waals surface area contributed by atoms with Gasteiger partial charge >= 0.3 is 5.97 Å². The second kappa shape index (κ2) is 5.83. The van der Waals surface area contributed by atoms with Crippen molar-refractivity contribution in [3.63, 3.8) is 0 Å². The Labute approximate surface area is 121 Å². The zero-order valence-electron chi connectivity index (χ0n) is 12.8. The molecule has 0 radical (unpaired) electrons. The average molecular weight is 276 g/mol. The van der Waals surface area contributed by atoms with E-state index < -0.39 is 5.54 Å². The van der Waals surface area contributed by atoms with Crippen LogP contribution in [0.1, 0.15) is 18.4 Å². The Bertz CT molecular complexity index is 468. The predicted molar refractivity (Wildman–Crippen MR) is 81.0 cm³/mol. The van der Waals surface area contributed by atoms with Gasteiger partial charge in [-0.1, -0.05) is 17.7 Å². The van der Waals surface area contributed by atoms with Crippen molar-refractivity contribution in [3.8, 4) is 0 Å². The molecule has 0 aliphatic heterocycles. The van der Waals surface area contributed by atoms with Crippen molar-refractivity contribution in [2.45, 2.75) is 25.3 Å². The first-order valence-corrected chi connectivity index (χ1v) is 7.08. The number of carbonyl (C=O) groups excluding carboxylic acids is 1. The summed E-state index contributed by atoms with van der Waals surface area (Å²) in [6.45, 7) is 2.68. The number of rotatable bonds is 6. The maximum atomic E-state index is 12.3. The maximum absolute atomic E-state index is 12.3. The minimum absolute atomic E-state index is 0.165. The Morgan fingerprint density at radius 1 is 1.40 bits per heavy atom. The standard InChI is InChI=1S/C16H24N2O2/c1-12-5-9-14(10-6-12)18(3)11-16(17-2,13-7-8-13)15(19)20-4/h5-6,9-10,13,17H,7-8,11H2,1-4H3. The molecule has 20 heavy (non-hydrogen) atoms. The van der Waals surface area contributed by atoms with Crippen LogP contribution in [0.4, 0.5) is 5.69 Å². The van der Waals surface area contributed by atoms with E-state index in [0.29, 0.717) is 12.5 Å². The molecule has 4 nitrogen and oxygen atoms in total. The molecule has 4 heteroatoms. The van der Waals surface area contributed by atoms with Crippen molar-refractivity contribution in [2.75, 3.05) is 32.6 Å². The molecule has 2 rings (SSSR count). The Hall–Kier alpha value is -1.55. The van der Waals surface area contributed by atoms with E-state index in [1.165, 1.54) is 12.7 Å². The monoisotopic (exact) mass is 276 g/mol. The molecule has 0 aromatic heterocycles. The fourth-order valence-corrected chi connectivity index (χ4v) is 2.77. The molecule has 0 amide bonds. The van der Waals surface area contributed by atoms with Gasteiger partial charge in [-0.2, -0.15) is 0 Å². The van der Waals surface area contributed by atoms with Crippen molar-refractivity contribution < 1.29 is 9.53 Å². The van der Waals surface area contributed by atoms with E-state index in [1.54, 1.807) is 0 Å². The van der Waals surface area contributed by atoms with Crippen molar-refractivity contribution >= 4 is 11.7 Å². The third-order valence-electron chi connectivity index (χ3n) is 4.23. The molecule has 1 saturated carbocycles. The third kappa shape index (κ3) is 2.80. The Morgan fingerprint density at radius 2 is 2.00 bits per heavy atom. The molecule has 0 bridgehead atoms. The first-order valence-electron chi connectivity index (χ1n) is 7.08.